The summed E-state index contributed by atoms with van der Waals surface area (Å²) < 4.78 is 11.2. The van der Waals surface area contributed by atoms with Crippen LogP contribution in [0, 0.1) is 0 Å². The largest absolute Gasteiger partial charge is 0.507 e. The molecule has 5 nitrogen and oxygen atoms in total. The van der Waals surface area contributed by atoms with Gasteiger partial charge in [0.1, 0.15) is 11.3 Å². The lowest BCUT2D eigenvalue weighted by molar-refractivity contribution is -0.230. The quantitative estimate of drug-likeness (QED) is 0.499. The van der Waals surface area contributed by atoms with Crippen molar-refractivity contribution in [1.82, 2.24) is 0 Å². The summed E-state index contributed by atoms with van der Waals surface area (Å²) in [6.07, 6.45) is 3.41. The van der Waals surface area contributed by atoms with Crippen molar-refractivity contribution in [3.8, 4) is 5.75 Å². The van der Waals surface area contributed by atoms with E-state index in [2.05, 4.69) is 15.9 Å². The Labute approximate surface area is 137 Å². The van der Waals surface area contributed by atoms with Crippen LogP contribution in [-0.2, 0) is 19.1 Å². The van der Waals surface area contributed by atoms with Crippen LogP contribution in [0.4, 0.5) is 0 Å². The van der Waals surface area contributed by atoms with E-state index in [9.17, 15) is 14.7 Å². The van der Waals surface area contributed by atoms with E-state index in [1.165, 1.54) is 12.1 Å². The molecule has 118 valence electrons. The highest BCUT2D eigenvalue weighted by atomic mass is 79.9. The monoisotopic (exact) mass is 368 g/mol. The van der Waals surface area contributed by atoms with Gasteiger partial charge in [-0.15, -0.1) is 0 Å². The third-order valence-electron chi connectivity index (χ3n) is 3.33. The summed E-state index contributed by atoms with van der Waals surface area (Å²) in [7, 11) is 0. The minimum Gasteiger partial charge on any atom is -0.507 e. The second kappa shape index (κ2) is 6.52. The van der Waals surface area contributed by atoms with Gasteiger partial charge in [-0.3, -0.25) is 0 Å². The standard InChI is InChI=1S/C16H17BrO5/c1-3-4-7-16(2)21-14(19)12(15(20)22-16)9-10-8-11(17)5-6-13(10)18/h5-6,8-9,18H,3-4,7H2,1-2H3. The van der Waals surface area contributed by atoms with Crippen molar-refractivity contribution < 1.29 is 24.2 Å². The molecule has 0 saturated carbocycles. The van der Waals surface area contributed by atoms with Gasteiger partial charge in [0, 0.05) is 23.4 Å². The minimum absolute atomic E-state index is 0.0457. The summed E-state index contributed by atoms with van der Waals surface area (Å²) in [6, 6.07) is 4.70. The first-order valence-corrected chi connectivity index (χ1v) is 7.81. The molecule has 0 aliphatic carbocycles. The molecule has 0 atom stereocenters. The zero-order valence-electron chi connectivity index (χ0n) is 12.4. The maximum Gasteiger partial charge on any atom is 0.348 e. The van der Waals surface area contributed by atoms with Gasteiger partial charge >= 0.3 is 11.9 Å². The number of unbranched alkanes of at least 4 members (excludes halogenated alkanes) is 1. The van der Waals surface area contributed by atoms with Gasteiger partial charge in [0.05, 0.1) is 0 Å². The molecule has 2 rings (SSSR count). The third kappa shape index (κ3) is 3.68. The normalized spacial score (nSPS) is 21.3. The number of carbonyl (C=O) groups is 2. The molecule has 0 unspecified atom stereocenters. The van der Waals surface area contributed by atoms with Crippen molar-refractivity contribution in [2.24, 2.45) is 0 Å². The van der Waals surface area contributed by atoms with E-state index in [0.29, 0.717) is 16.5 Å². The van der Waals surface area contributed by atoms with Crippen LogP contribution in [0.15, 0.2) is 28.2 Å². The molecule has 0 aromatic heterocycles. The number of ether oxygens (including phenoxy) is 2. The first kappa shape index (κ1) is 16.5. The van der Waals surface area contributed by atoms with Crippen LogP contribution in [0.2, 0.25) is 0 Å². The van der Waals surface area contributed by atoms with Gasteiger partial charge < -0.3 is 14.6 Å². The van der Waals surface area contributed by atoms with Crippen molar-refractivity contribution in [2.45, 2.75) is 38.9 Å². The number of esters is 2. The molecule has 1 N–H and O–H groups in total. The Hall–Kier alpha value is -1.82. The lowest BCUT2D eigenvalue weighted by Gasteiger charge is -2.33. The molecule has 0 amide bonds. The van der Waals surface area contributed by atoms with E-state index in [0.717, 1.165) is 12.8 Å². The molecule has 1 aromatic rings. The summed E-state index contributed by atoms with van der Waals surface area (Å²) in [5, 5.41) is 9.79. The predicted octanol–water partition coefficient (Wildman–Crippen LogP) is 3.54. The number of rotatable bonds is 4. The van der Waals surface area contributed by atoms with Gasteiger partial charge in [-0.1, -0.05) is 29.3 Å². The van der Waals surface area contributed by atoms with Crippen molar-refractivity contribution in [3.63, 3.8) is 0 Å². The Morgan fingerprint density at radius 1 is 1.27 bits per heavy atom. The number of phenols is 1. The van der Waals surface area contributed by atoms with Crippen LogP contribution in [0.3, 0.4) is 0 Å². The molecule has 6 heteroatoms. The second-order valence-corrected chi connectivity index (χ2v) is 6.19. The van der Waals surface area contributed by atoms with Crippen molar-refractivity contribution >= 4 is 33.9 Å². The number of cyclic esters (lactones) is 2. The fourth-order valence-corrected chi connectivity index (χ4v) is 2.50. The van der Waals surface area contributed by atoms with Gasteiger partial charge in [-0.05, 0) is 30.7 Å². The molecular formula is C16H17BrO5. The summed E-state index contributed by atoms with van der Waals surface area (Å²) in [5.74, 6) is -2.75. The van der Waals surface area contributed by atoms with Gasteiger partial charge in [0.2, 0.25) is 0 Å². The van der Waals surface area contributed by atoms with Gasteiger partial charge in [0.15, 0.2) is 0 Å². The topological polar surface area (TPSA) is 72.8 Å². The van der Waals surface area contributed by atoms with E-state index in [-0.39, 0.29) is 11.3 Å². The molecule has 1 aliphatic heterocycles. The Kier molecular flexibility index (Phi) is 4.90. The van der Waals surface area contributed by atoms with E-state index < -0.39 is 17.7 Å². The summed E-state index contributed by atoms with van der Waals surface area (Å²) in [4.78, 5) is 24.2. The Bertz CT molecular complexity index is 615. The SMILES string of the molecule is CCCCC1(C)OC(=O)C(=Cc2cc(Br)ccc2O)C(=O)O1. The Balaban J connectivity index is 2.27. The van der Waals surface area contributed by atoms with Crippen molar-refractivity contribution in [2.75, 3.05) is 0 Å². The number of benzene rings is 1. The highest BCUT2D eigenvalue weighted by molar-refractivity contribution is 9.10. The smallest absolute Gasteiger partial charge is 0.348 e. The highest BCUT2D eigenvalue weighted by Gasteiger charge is 2.42. The summed E-state index contributed by atoms with van der Waals surface area (Å²) in [6.45, 7) is 3.57. The van der Waals surface area contributed by atoms with E-state index in [4.69, 9.17) is 9.47 Å². The number of halogens is 1. The summed E-state index contributed by atoms with van der Waals surface area (Å²) >= 11 is 3.27. The number of aromatic hydroxyl groups is 1. The van der Waals surface area contributed by atoms with Crippen LogP contribution >= 0.6 is 15.9 Å². The average Bonchev–Trinajstić information content (AvgIpc) is 2.44. The molecule has 0 radical (unpaired) electrons. The molecule has 22 heavy (non-hydrogen) atoms. The first-order chi connectivity index (χ1) is 10.3. The minimum atomic E-state index is -1.22. The second-order valence-electron chi connectivity index (χ2n) is 5.28. The first-order valence-electron chi connectivity index (χ1n) is 7.01. The Morgan fingerprint density at radius 3 is 2.50 bits per heavy atom. The zero-order chi connectivity index (χ0) is 16.3. The molecule has 1 aromatic carbocycles. The molecule has 1 heterocycles. The molecule has 1 aliphatic rings. The fourth-order valence-electron chi connectivity index (χ4n) is 2.12. The fraction of sp³-hybridized carbons (Fsp3) is 0.375. The lowest BCUT2D eigenvalue weighted by atomic mass is 10.1. The van der Waals surface area contributed by atoms with E-state index in [1.54, 1.807) is 19.1 Å². The van der Waals surface area contributed by atoms with Crippen molar-refractivity contribution in [1.29, 1.82) is 0 Å². The van der Waals surface area contributed by atoms with Gasteiger partial charge in [-0.25, -0.2) is 9.59 Å². The van der Waals surface area contributed by atoms with Gasteiger partial charge in [0.25, 0.3) is 5.79 Å². The van der Waals surface area contributed by atoms with Gasteiger partial charge in [-0.2, -0.15) is 0 Å². The van der Waals surface area contributed by atoms with Crippen LogP contribution in [0.1, 0.15) is 38.7 Å². The molecular weight excluding hydrogens is 352 g/mol. The number of phenolic OH excluding ortho intramolecular Hbond substituents is 1. The van der Waals surface area contributed by atoms with Crippen LogP contribution in [-0.4, -0.2) is 22.8 Å². The maximum absolute atomic E-state index is 12.1. The number of carbonyl (C=O) groups excluding carboxylic acids is 2. The average molecular weight is 369 g/mol. The van der Waals surface area contributed by atoms with E-state index >= 15 is 0 Å². The lowest BCUT2D eigenvalue weighted by Crippen LogP contribution is -2.44. The molecule has 1 fully saturated rings. The van der Waals surface area contributed by atoms with Crippen LogP contribution in [0.5, 0.6) is 5.75 Å². The maximum atomic E-state index is 12.1. The Morgan fingerprint density at radius 2 is 1.91 bits per heavy atom. The van der Waals surface area contributed by atoms with Crippen LogP contribution < -0.4 is 0 Å². The van der Waals surface area contributed by atoms with E-state index in [1.807, 2.05) is 6.92 Å². The molecule has 0 spiro atoms. The highest BCUT2D eigenvalue weighted by Crippen LogP contribution is 2.31. The van der Waals surface area contributed by atoms with Crippen LogP contribution in [0.25, 0.3) is 6.08 Å². The van der Waals surface area contributed by atoms with Crippen molar-refractivity contribution in [3.05, 3.63) is 33.8 Å². The summed E-state index contributed by atoms with van der Waals surface area (Å²) in [5.41, 5.74) is 0.0952. The third-order valence-corrected chi connectivity index (χ3v) is 3.82. The molecule has 0 bridgehead atoms. The predicted molar refractivity (Wildman–Crippen MR) is 83.9 cm³/mol. The number of hydrogen-bond acceptors (Lipinski definition) is 5. The number of hydrogen-bond donors (Lipinski definition) is 1. The molecule has 1 saturated heterocycles. The zero-order valence-corrected chi connectivity index (χ0v) is 14.0.